The third-order valence-corrected chi connectivity index (χ3v) is 5.68. The smallest absolute Gasteiger partial charge is 0.243 e. The van der Waals surface area contributed by atoms with Crippen molar-refractivity contribution < 1.29 is 17.5 Å². The molecule has 2 aromatic rings. The molecule has 0 saturated carbocycles. The number of pyridine rings is 1. The van der Waals surface area contributed by atoms with E-state index >= 15 is 0 Å². The molecule has 0 saturated heterocycles. The minimum absolute atomic E-state index is 0.0286. The molecule has 0 spiro atoms. The summed E-state index contributed by atoms with van der Waals surface area (Å²) < 4.78 is 45.5. The summed E-state index contributed by atoms with van der Waals surface area (Å²) in [5, 5.41) is 0. The van der Waals surface area contributed by atoms with Crippen molar-refractivity contribution in [3.8, 4) is 5.75 Å². The number of likely N-dealkylation sites (N-methyl/N-ethyl adjacent to an activating group) is 1. The number of ether oxygens (including phenoxy) is 1. The van der Waals surface area contributed by atoms with Gasteiger partial charge >= 0.3 is 0 Å². The first-order valence-electron chi connectivity index (χ1n) is 7.06. The number of methoxy groups -OCH3 is 1. The molecule has 7 heteroatoms. The predicted molar refractivity (Wildman–Crippen MR) is 85.4 cm³/mol. The Kier molecular flexibility index (Phi) is 5.33. The van der Waals surface area contributed by atoms with Crippen LogP contribution < -0.4 is 4.74 Å². The Morgan fingerprint density at radius 3 is 2.48 bits per heavy atom. The topological polar surface area (TPSA) is 59.5 Å². The van der Waals surface area contributed by atoms with Crippen LogP contribution in [0, 0.1) is 12.7 Å². The van der Waals surface area contributed by atoms with Crippen LogP contribution in [0.5, 0.6) is 5.75 Å². The average Bonchev–Trinajstić information content (AvgIpc) is 2.55. The summed E-state index contributed by atoms with van der Waals surface area (Å²) in [4.78, 5) is 3.87. The monoisotopic (exact) mass is 338 g/mol. The molecule has 1 aromatic heterocycles. The van der Waals surface area contributed by atoms with E-state index in [-0.39, 0.29) is 16.2 Å². The van der Waals surface area contributed by atoms with Gasteiger partial charge in [-0.2, -0.15) is 0 Å². The standard InChI is InChI=1S/C16H19FN2O3S/c1-12-15(5-4-14(22-3)16(12)17)23(20,21)19(2)11-8-13-6-9-18-10-7-13/h4-7,9-10H,8,11H2,1-3H3. The van der Waals surface area contributed by atoms with Gasteiger partial charge in [0.25, 0.3) is 0 Å². The Bertz CT molecular complexity index is 779. The van der Waals surface area contributed by atoms with Gasteiger partial charge < -0.3 is 4.74 Å². The van der Waals surface area contributed by atoms with Gasteiger partial charge in [0, 0.05) is 31.5 Å². The quantitative estimate of drug-likeness (QED) is 0.811. The first-order chi connectivity index (χ1) is 10.9. The molecule has 1 heterocycles. The maximum absolute atomic E-state index is 14.1. The molecule has 1 aromatic carbocycles. The molecule has 0 aliphatic carbocycles. The van der Waals surface area contributed by atoms with Crippen molar-refractivity contribution >= 4 is 10.0 Å². The molecule has 2 rings (SSSR count). The van der Waals surface area contributed by atoms with E-state index in [1.54, 1.807) is 12.4 Å². The number of aromatic nitrogens is 1. The SMILES string of the molecule is COc1ccc(S(=O)(=O)N(C)CCc2ccncc2)c(C)c1F. The van der Waals surface area contributed by atoms with Crippen LogP contribution in [-0.2, 0) is 16.4 Å². The van der Waals surface area contributed by atoms with Crippen LogP contribution in [0.1, 0.15) is 11.1 Å². The normalized spacial score (nSPS) is 11.7. The fourth-order valence-electron chi connectivity index (χ4n) is 2.20. The fraction of sp³-hybridized carbons (Fsp3) is 0.312. The van der Waals surface area contributed by atoms with Crippen molar-refractivity contribution in [2.45, 2.75) is 18.2 Å². The number of sulfonamides is 1. The second kappa shape index (κ2) is 7.06. The molecule has 0 aliphatic rings. The fourth-order valence-corrected chi connectivity index (χ4v) is 3.59. The van der Waals surface area contributed by atoms with Crippen LogP contribution in [0.25, 0.3) is 0 Å². The molecular weight excluding hydrogens is 319 g/mol. The Hall–Kier alpha value is -1.99. The number of rotatable bonds is 6. The molecule has 0 amide bonds. The summed E-state index contributed by atoms with van der Waals surface area (Å²) in [6, 6.07) is 6.36. The van der Waals surface area contributed by atoms with Crippen molar-refractivity contribution in [2.24, 2.45) is 0 Å². The summed E-state index contributed by atoms with van der Waals surface area (Å²) in [5.74, 6) is -0.628. The van der Waals surface area contributed by atoms with Crippen molar-refractivity contribution in [1.82, 2.24) is 9.29 Å². The molecule has 0 fully saturated rings. The molecule has 0 bridgehead atoms. The second-order valence-electron chi connectivity index (χ2n) is 5.14. The maximum atomic E-state index is 14.1. The Labute approximate surface area is 135 Å². The maximum Gasteiger partial charge on any atom is 0.243 e. The van der Waals surface area contributed by atoms with Gasteiger partial charge in [-0.15, -0.1) is 0 Å². The molecule has 0 aliphatic heterocycles. The Morgan fingerprint density at radius 1 is 1.22 bits per heavy atom. The van der Waals surface area contributed by atoms with E-state index in [0.717, 1.165) is 5.56 Å². The summed E-state index contributed by atoms with van der Waals surface area (Å²) >= 11 is 0. The number of benzene rings is 1. The summed E-state index contributed by atoms with van der Waals surface area (Å²) in [6.07, 6.45) is 3.87. The number of halogens is 1. The summed E-state index contributed by atoms with van der Waals surface area (Å²) in [5.41, 5.74) is 1.04. The minimum Gasteiger partial charge on any atom is -0.494 e. The van der Waals surface area contributed by atoms with Gasteiger partial charge in [0.1, 0.15) is 0 Å². The zero-order valence-electron chi connectivity index (χ0n) is 13.3. The van der Waals surface area contributed by atoms with Gasteiger partial charge in [0.2, 0.25) is 10.0 Å². The van der Waals surface area contributed by atoms with E-state index in [4.69, 9.17) is 4.74 Å². The van der Waals surface area contributed by atoms with Crippen LogP contribution in [0.15, 0.2) is 41.6 Å². The molecule has 23 heavy (non-hydrogen) atoms. The first-order valence-corrected chi connectivity index (χ1v) is 8.50. The zero-order valence-corrected chi connectivity index (χ0v) is 14.1. The highest BCUT2D eigenvalue weighted by molar-refractivity contribution is 7.89. The van der Waals surface area contributed by atoms with Crippen LogP contribution in [-0.4, -0.2) is 38.4 Å². The van der Waals surface area contributed by atoms with E-state index < -0.39 is 15.8 Å². The van der Waals surface area contributed by atoms with Gasteiger partial charge in [0.15, 0.2) is 11.6 Å². The summed E-state index contributed by atoms with van der Waals surface area (Å²) in [7, 11) is -0.941. The molecule has 0 atom stereocenters. The van der Waals surface area contributed by atoms with Crippen molar-refractivity contribution in [1.29, 1.82) is 0 Å². The van der Waals surface area contributed by atoms with E-state index in [2.05, 4.69) is 4.98 Å². The predicted octanol–water partition coefficient (Wildman–Crippen LogP) is 2.40. The minimum atomic E-state index is -3.77. The summed E-state index contributed by atoms with van der Waals surface area (Å²) in [6.45, 7) is 1.72. The molecule has 124 valence electrons. The number of hydrogen-bond donors (Lipinski definition) is 0. The zero-order chi connectivity index (χ0) is 17.0. The van der Waals surface area contributed by atoms with Crippen molar-refractivity contribution in [2.75, 3.05) is 20.7 Å². The molecule has 0 N–H and O–H groups in total. The van der Waals surface area contributed by atoms with E-state index in [0.29, 0.717) is 13.0 Å². The highest BCUT2D eigenvalue weighted by atomic mass is 32.2. The van der Waals surface area contributed by atoms with Gasteiger partial charge in [-0.05, 0) is 43.2 Å². The lowest BCUT2D eigenvalue weighted by atomic mass is 10.2. The van der Waals surface area contributed by atoms with Crippen molar-refractivity contribution in [3.05, 3.63) is 53.6 Å². The lowest BCUT2D eigenvalue weighted by Crippen LogP contribution is -2.29. The van der Waals surface area contributed by atoms with Crippen LogP contribution in [0.2, 0.25) is 0 Å². The average molecular weight is 338 g/mol. The third kappa shape index (κ3) is 3.68. The first kappa shape index (κ1) is 17.4. The largest absolute Gasteiger partial charge is 0.494 e. The Balaban J connectivity index is 2.22. The van der Waals surface area contributed by atoms with Gasteiger partial charge in [0.05, 0.1) is 12.0 Å². The lowest BCUT2D eigenvalue weighted by Gasteiger charge is -2.19. The highest BCUT2D eigenvalue weighted by Crippen LogP contribution is 2.27. The van der Waals surface area contributed by atoms with Crippen molar-refractivity contribution in [3.63, 3.8) is 0 Å². The van der Waals surface area contributed by atoms with E-state index in [1.807, 2.05) is 12.1 Å². The van der Waals surface area contributed by atoms with Crippen LogP contribution in [0.4, 0.5) is 4.39 Å². The number of nitrogens with zero attached hydrogens (tertiary/aromatic N) is 2. The second-order valence-corrected chi connectivity index (χ2v) is 7.15. The van der Waals surface area contributed by atoms with Gasteiger partial charge in [-0.3, -0.25) is 4.98 Å². The van der Waals surface area contributed by atoms with Gasteiger partial charge in [-0.1, -0.05) is 0 Å². The number of hydrogen-bond acceptors (Lipinski definition) is 4. The third-order valence-electron chi connectivity index (χ3n) is 3.67. The van der Waals surface area contributed by atoms with Crippen LogP contribution >= 0.6 is 0 Å². The Morgan fingerprint density at radius 2 is 1.87 bits per heavy atom. The highest BCUT2D eigenvalue weighted by Gasteiger charge is 2.25. The van der Waals surface area contributed by atoms with E-state index in [9.17, 15) is 12.8 Å². The molecule has 5 nitrogen and oxygen atoms in total. The molecule has 0 unspecified atom stereocenters. The van der Waals surface area contributed by atoms with Crippen LogP contribution in [0.3, 0.4) is 0 Å². The van der Waals surface area contributed by atoms with Gasteiger partial charge in [-0.25, -0.2) is 17.1 Å². The van der Waals surface area contributed by atoms with E-state index in [1.165, 1.54) is 37.5 Å². The lowest BCUT2D eigenvalue weighted by molar-refractivity contribution is 0.383. The molecular formula is C16H19FN2O3S. The molecule has 0 radical (unpaired) electrons.